The zero-order valence-electron chi connectivity index (χ0n) is 26.2. The normalized spacial score (nSPS) is 16.6. The number of carboxylic acid groups (broad SMARTS) is 1. The van der Waals surface area contributed by atoms with Crippen LogP contribution in [0, 0.1) is 0 Å². The van der Waals surface area contributed by atoms with Crippen LogP contribution in [0.1, 0.15) is 65.6 Å². The summed E-state index contributed by atoms with van der Waals surface area (Å²) in [4.78, 5) is 31.1. The number of fused-ring (bicyclic) bond motifs is 1. The van der Waals surface area contributed by atoms with Crippen LogP contribution in [0.3, 0.4) is 0 Å². The molecule has 0 bridgehead atoms. The number of alkyl halides is 9. The van der Waals surface area contributed by atoms with Crippen molar-refractivity contribution in [3.8, 4) is 0 Å². The largest absolute Gasteiger partial charge is 0.481 e. The van der Waals surface area contributed by atoms with E-state index in [-0.39, 0.29) is 47.1 Å². The van der Waals surface area contributed by atoms with Gasteiger partial charge in [0, 0.05) is 32.1 Å². The van der Waals surface area contributed by atoms with Crippen LogP contribution in [-0.4, -0.2) is 48.9 Å². The maximum absolute atomic E-state index is 13.9. The number of hydrogen-bond acceptors (Lipinski definition) is 6. The van der Waals surface area contributed by atoms with Gasteiger partial charge in [0.25, 0.3) is 0 Å². The number of amides is 1. The van der Waals surface area contributed by atoms with Crippen LogP contribution in [0.15, 0.2) is 48.7 Å². The molecule has 0 spiro atoms. The summed E-state index contributed by atoms with van der Waals surface area (Å²) >= 11 is 0. The average Bonchev–Trinajstić information content (AvgIpc) is 2.99. The lowest BCUT2D eigenvalue weighted by Crippen LogP contribution is -2.46. The first-order chi connectivity index (χ1) is 22.7. The lowest BCUT2D eigenvalue weighted by molar-refractivity contribution is -0.143. The molecule has 8 nitrogen and oxygen atoms in total. The second kappa shape index (κ2) is 14.0. The highest BCUT2D eigenvalue weighted by Gasteiger charge is 2.40. The third-order valence-electron chi connectivity index (χ3n) is 7.89. The van der Waals surface area contributed by atoms with Gasteiger partial charge in [-0.3, -0.25) is 9.69 Å². The second-order valence-electron chi connectivity index (χ2n) is 11.6. The number of carboxylic acids is 1. The summed E-state index contributed by atoms with van der Waals surface area (Å²) in [5, 5.41) is 12.0. The summed E-state index contributed by atoms with van der Waals surface area (Å²) < 4.78 is 128. The van der Waals surface area contributed by atoms with Gasteiger partial charge in [-0.25, -0.2) is 9.78 Å². The monoisotopic (exact) mass is 706 g/mol. The molecule has 3 aromatic rings. The van der Waals surface area contributed by atoms with E-state index in [1.54, 1.807) is 25.9 Å². The van der Waals surface area contributed by atoms with Gasteiger partial charge in [0.05, 0.1) is 46.7 Å². The number of hydrogen-bond donors (Lipinski definition) is 2. The molecule has 0 aliphatic carbocycles. The van der Waals surface area contributed by atoms with E-state index in [0.29, 0.717) is 17.8 Å². The average molecular weight is 707 g/mol. The van der Waals surface area contributed by atoms with Crippen molar-refractivity contribution in [1.29, 1.82) is 0 Å². The quantitative estimate of drug-likeness (QED) is 0.216. The van der Waals surface area contributed by atoms with Gasteiger partial charge in [-0.2, -0.15) is 39.5 Å². The van der Waals surface area contributed by atoms with E-state index in [1.807, 2.05) is 0 Å². The Morgan fingerprint density at radius 1 is 0.939 bits per heavy atom. The molecule has 17 heteroatoms. The Labute approximate surface area is 274 Å². The van der Waals surface area contributed by atoms with Crippen molar-refractivity contribution in [2.75, 3.05) is 35.8 Å². The number of aliphatic carboxylic acids is 1. The number of pyridine rings is 1. The molecule has 2 heterocycles. The first-order valence-corrected chi connectivity index (χ1v) is 14.8. The number of carbonyl (C=O) groups excluding carboxylic acids is 1. The molecule has 1 aliphatic rings. The van der Waals surface area contributed by atoms with Gasteiger partial charge >= 0.3 is 30.6 Å². The predicted octanol–water partition coefficient (Wildman–Crippen LogP) is 8.55. The number of halogens is 9. The molecule has 0 unspecified atom stereocenters. The van der Waals surface area contributed by atoms with Gasteiger partial charge in [-0.05, 0) is 66.4 Å². The fourth-order valence-corrected chi connectivity index (χ4v) is 5.47. The zero-order valence-corrected chi connectivity index (χ0v) is 26.2. The Bertz CT molecular complexity index is 1660. The SMILES string of the molecule is CC[C@@H]1C[C@H](Nc2ncc(N(C)C)cc2Cc2cc(C(F)(F)F)cc(C(F)(F)F)c2)c2cc(C(F)(F)F)ccc2N1C(=O)OCCC(=O)O. The number of nitrogens with one attached hydrogen (secondary N) is 1. The Balaban J connectivity index is 1.81. The molecule has 49 heavy (non-hydrogen) atoms. The standard InChI is InChI=1S/C32H31F9N4O4/c1-4-22-15-25(24-14-19(30(33,34)35)5-6-26(24)45(22)29(48)49-8-7-27(46)47)43-28-18(12-23(16-42-28)44(2)3)9-17-10-20(31(36,37)38)13-21(11-17)32(39,40)41/h5-6,10-14,16,22,25H,4,7-9,15H2,1-3H3,(H,42,43)(H,46,47)/t22-,25+/m1/s1. The van der Waals surface area contributed by atoms with Gasteiger partial charge in [-0.15, -0.1) is 0 Å². The van der Waals surface area contributed by atoms with Crippen molar-refractivity contribution in [1.82, 2.24) is 4.98 Å². The van der Waals surface area contributed by atoms with Crippen LogP contribution in [0.5, 0.6) is 0 Å². The molecule has 2 N–H and O–H groups in total. The molecule has 266 valence electrons. The molecule has 0 saturated heterocycles. The van der Waals surface area contributed by atoms with E-state index in [0.717, 1.165) is 23.1 Å². The molecule has 0 radical (unpaired) electrons. The maximum Gasteiger partial charge on any atom is 0.416 e. The molecular formula is C32H31F9N4O4. The highest BCUT2D eigenvalue weighted by atomic mass is 19.4. The summed E-state index contributed by atoms with van der Waals surface area (Å²) in [5.41, 5.74) is -3.80. The summed E-state index contributed by atoms with van der Waals surface area (Å²) in [6, 6.07) is 3.70. The number of nitrogens with zero attached hydrogens (tertiary/aromatic N) is 3. The molecule has 1 amide bonds. The maximum atomic E-state index is 13.9. The third kappa shape index (κ3) is 8.86. The minimum absolute atomic E-state index is 0.0116. The highest BCUT2D eigenvalue weighted by Crippen LogP contribution is 2.44. The van der Waals surface area contributed by atoms with Crippen molar-refractivity contribution in [2.24, 2.45) is 0 Å². The molecule has 1 aliphatic heterocycles. The van der Waals surface area contributed by atoms with Crippen molar-refractivity contribution in [3.05, 3.63) is 82.0 Å². The summed E-state index contributed by atoms with van der Waals surface area (Å²) in [7, 11) is 3.26. The fourth-order valence-electron chi connectivity index (χ4n) is 5.47. The van der Waals surface area contributed by atoms with Crippen molar-refractivity contribution >= 4 is 29.3 Å². The number of aromatic nitrogens is 1. The van der Waals surface area contributed by atoms with E-state index in [1.165, 1.54) is 12.3 Å². The highest BCUT2D eigenvalue weighted by molar-refractivity contribution is 5.90. The summed E-state index contributed by atoms with van der Waals surface area (Å²) in [5.74, 6) is -1.25. The Morgan fingerprint density at radius 2 is 1.55 bits per heavy atom. The van der Waals surface area contributed by atoms with Gasteiger partial charge in [0.1, 0.15) is 12.4 Å². The van der Waals surface area contributed by atoms with Crippen LogP contribution < -0.4 is 15.1 Å². The van der Waals surface area contributed by atoms with Crippen LogP contribution in [0.4, 0.5) is 61.5 Å². The molecule has 0 fully saturated rings. The molecule has 0 saturated carbocycles. The van der Waals surface area contributed by atoms with Gasteiger partial charge in [0.15, 0.2) is 0 Å². The van der Waals surface area contributed by atoms with E-state index in [2.05, 4.69) is 10.3 Å². The Morgan fingerprint density at radius 3 is 2.08 bits per heavy atom. The van der Waals surface area contributed by atoms with Crippen LogP contribution >= 0.6 is 0 Å². The predicted molar refractivity (Wildman–Crippen MR) is 160 cm³/mol. The number of ether oxygens (including phenoxy) is 1. The van der Waals surface area contributed by atoms with Crippen LogP contribution in [0.2, 0.25) is 0 Å². The van der Waals surface area contributed by atoms with Gasteiger partial charge in [-0.1, -0.05) is 6.92 Å². The third-order valence-corrected chi connectivity index (χ3v) is 7.89. The second-order valence-corrected chi connectivity index (χ2v) is 11.6. The fraction of sp³-hybridized carbons (Fsp3) is 0.406. The summed E-state index contributed by atoms with van der Waals surface area (Å²) in [6.07, 6.45) is -15.3. The molecule has 2 aromatic carbocycles. The Hall–Kier alpha value is -4.70. The zero-order chi connectivity index (χ0) is 36.5. The smallest absolute Gasteiger partial charge is 0.416 e. The van der Waals surface area contributed by atoms with Crippen LogP contribution in [-0.2, 0) is 34.5 Å². The van der Waals surface area contributed by atoms with Crippen LogP contribution in [0.25, 0.3) is 0 Å². The lowest BCUT2D eigenvalue weighted by Gasteiger charge is -2.40. The molecular weight excluding hydrogens is 675 g/mol. The van der Waals surface area contributed by atoms with E-state index >= 15 is 0 Å². The minimum Gasteiger partial charge on any atom is -0.481 e. The van der Waals surface area contributed by atoms with Gasteiger partial charge in [0.2, 0.25) is 0 Å². The molecule has 2 atom stereocenters. The molecule has 1 aromatic heterocycles. The first kappa shape index (κ1) is 37.1. The van der Waals surface area contributed by atoms with Crippen molar-refractivity contribution in [3.63, 3.8) is 0 Å². The van der Waals surface area contributed by atoms with E-state index in [4.69, 9.17) is 9.84 Å². The number of anilines is 3. The first-order valence-electron chi connectivity index (χ1n) is 14.8. The molecule has 4 rings (SSSR count). The van der Waals surface area contributed by atoms with Gasteiger partial charge < -0.3 is 20.1 Å². The van der Waals surface area contributed by atoms with E-state index in [9.17, 15) is 49.1 Å². The minimum atomic E-state index is -5.08. The number of rotatable bonds is 9. The lowest BCUT2D eigenvalue weighted by atomic mass is 9.88. The number of carbonyl (C=O) groups is 2. The van der Waals surface area contributed by atoms with E-state index < -0.39 is 78.8 Å². The van der Waals surface area contributed by atoms with Crippen molar-refractivity contribution in [2.45, 2.75) is 63.2 Å². The number of benzene rings is 2. The Kier molecular flexibility index (Phi) is 10.6. The summed E-state index contributed by atoms with van der Waals surface area (Å²) in [6.45, 7) is 1.21. The van der Waals surface area contributed by atoms with Crippen molar-refractivity contribution < 1.29 is 58.9 Å². The topological polar surface area (TPSA) is 95.0 Å².